The predicted octanol–water partition coefficient (Wildman–Crippen LogP) is 2.03. The molecule has 2 aromatic carbocycles. The molecule has 1 unspecified atom stereocenters. The van der Waals surface area contributed by atoms with Crippen molar-refractivity contribution in [3.8, 4) is 5.75 Å². The standard InChI is InChI=1S/C15H16FNO2/c1-19-14-8-7-12(16)9-13(14)15(18,10-17)11-5-3-2-4-6-11/h2-9,18H,10,17H2,1H3. The molecule has 3 nitrogen and oxygen atoms in total. The van der Waals surface area contributed by atoms with Crippen LogP contribution in [0.1, 0.15) is 11.1 Å². The van der Waals surface area contributed by atoms with Gasteiger partial charge in [0.05, 0.1) is 7.11 Å². The number of halogens is 1. The smallest absolute Gasteiger partial charge is 0.130 e. The molecule has 4 heteroatoms. The summed E-state index contributed by atoms with van der Waals surface area (Å²) in [4.78, 5) is 0. The largest absolute Gasteiger partial charge is 0.496 e. The Hall–Kier alpha value is -1.91. The maximum Gasteiger partial charge on any atom is 0.130 e. The molecule has 2 rings (SSSR count). The van der Waals surface area contributed by atoms with Crippen LogP contribution in [0, 0.1) is 5.82 Å². The van der Waals surface area contributed by atoms with Gasteiger partial charge in [-0.25, -0.2) is 4.39 Å². The van der Waals surface area contributed by atoms with E-state index in [4.69, 9.17) is 10.5 Å². The average molecular weight is 261 g/mol. The van der Waals surface area contributed by atoms with Crippen molar-refractivity contribution in [3.63, 3.8) is 0 Å². The first kappa shape index (κ1) is 13.5. The van der Waals surface area contributed by atoms with Crippen LogP contribution in [0.15, 0.2) is 48.5 Å². The Morgan fingerprint density at radius 2 is 1.89 bits per heavy atom. The summed E-state index contributed by atoms with van der Waals surface area (Å²) >= 11 is 0. The second-order valence-electron chi connectivity index (χ2n) is 4.28. The van der Waals surface area contributed by atoms with Gasteiger partial charge in [-0.05, 0) is 23.8 Å². The highest BCUT2D eigenvalue weighted by Crippen LogP contribution is 2.35. The Kier molecular flexibility index (Phi) is 3.83. The van der Waals surface area contributed by atoms with E-state index in [0.717, 1.165) is 0 Å². The van der Waals surface area contributed by atoms with Crippen LogP contribution in [0.25, 0.3) is 0 Å². The highest BCUT2D eigenvalue weighted by molar-refractivity contribution is 5.45. The molecule has 0 heterocycles. The third-order valence-electron chi connectivity index (χ3n) is 3.15. The maximum absolute atomic E-state index is 13.5. The van der Waals surface area contributed by atoms with Crippen LogP contribution >= 0.6 is 0 Å². The minimum absolute atomic E-state index is 0.0726. The number of hydrogen-bond donors (Lipinski definition) is 2. The Labute approximate surface area is 111 Å². The molecule has 0 amide bonds. The van der Waals surface area contributed by atoms with Gasteiger partial charge in [-0.1, -0.05) is 30.3 Å². The van der Waals surface area contributed by atoms with Gasteiger partial charge >= 0.3 is 0 Å². The van der Waals surface area contributed by atoms with Crippen molar-refractivity contribution in [2.75, 3.05) is 13.7 Å². The van der Waals surface area contributed by atoms with Crippen LogP contribution in [0.2, 0.25) is 0 Å². The van der Waals surface area contributed by atoms with Gasteiger partial charge in [-0.15, -0.1) is 0 Å². The number of methoxy groups -OCH3 is 1. The van der Waals surface area contributed by atoms with Crippen LogP contribution < -0.4 is 10.5 Å². The van der Waals surface area contributed by atoms with Crippen molar-refractivity contribution in [3.05, 3.63) is 65.5 Å². The van der Waals surface area contributed by atoms with E-state index in [9.17, 15) is 9.50 Å². The molecule has 1 atom stereocenters. The fourth-order valence-corrected chi connectivity index (χ4v) is 2.10. The minimum atomic E-state index is -1.48. The Bertz CT molecular complexity index is 559. The first-order valence-electron chi connectivity index (χ1n) is 5.94. The highest BCUT2D eigenvalue weighted by atomic mass is 19.1. The Morgan fingerprint density at radius 1 is 1.21 bits per heavy atom. The van der Waals surface area contributed by atoms with Crippen LogP contribution in [0.4, 0.5) is 4.39 Å². The fourth-order valence-electron chi connectivity index (χ4n) is 2.10. The first-order chi connectivity index (χ1) is 9.11. The van der Waals surface area contributed by atoms with Gasteiger partial charge in [0.15, 0.2) is 0 Å². The number of aliphatic hydroxyl groups is 1. The van der Waals surface area contributed by atoms with E-state index in [-0.39, 0.29) is 6.54 Å². The van der Waals surface area contributed by atoms with Crippen LogP contribution in [0.5, 0.6) is 5.75 Å². The number of benzene rings is 2. The second-order valence-corrected chi connectivity index (χ2v) is 4.28. The molecule has 3 N–H and O–H groups in total. The van der Waals surface area contributed by atoms with Crippen LogP contribution in [0.3, 0.4) is 0 Å². The van der Waals surface area contributed by atoms with E-state index < -0.39 is 11.4 Å². The average Bonchev–Trinajstić information content (AvgIpc) is 2.47. The van der Waals surface area contributed by atoms with Crippen molar-refractivity contribution in [1.29, 1.82) is 0 Å². The number of nitrogens with two attached hydrogens (primary N) is 1. The number of hydrogen-bond acceptors (Lipinski definition) is 3. The second kappa shape index (κ2) is 5.38. The Morgan fingerprint density at radius 3 is 2.47 bits per heavy atom. The molecular formula is C15H16FNO2. The van der Waals surface area contributed by atoms with E-state index in [1.807, 2.05) is 6.07 Å². The summed E-state index contributed by atoms with van der Waals surface area (Å²) in [6.45, 7) is -0.0726. The van der Waals surface area contributed by atoms with E-state index in [0.29, 0.717) is 16.9 Å². The fraction of sp³-hybridized carbons (Fsp3) is 0.200. The van der Waals surface area contributed by atoms with Gasteiger partial charge in [0.1, 0.15) is 17.2 Å². The molecule has 2 aromatic rings. The molecule has 0 aliphatic heterocycles. The molecule has 0 aliphatic carbocycles. The van der Waals surface area contributed by atoms with Crippen molar-refractivity contribution in [2.45, 2.75) is 5.60 Å². The summed E-state index contributed by atoms with van der Waals surface area (Å²) in [6, 6.07) is 12.9. The lowest BCUT2D eigenvalue weighted by Crippen LogP contribution is -2.36. The van der Waals surface area contributed by atoms with E-state index in [1.165, 1.54) is 25.3 Å². The predicted molar refractivity (Wildman–Crippen MR) is 71.4 cm³/mol. The van der Waals surface area contributed by atoms with E-state index >= 15 is 0 Å². The topological polar surface area (TPSA) is 55.5 Å². The summed E-state index contributed by atoms with van der Waals surface area (Å²) in [5.41, 5.74) is 5.16. The number of rotatable bonds is 4. The minimum Gasteiger partial charge on any atom is -0.496 e. The van der Waals surface area contributed by atoms with Gasteiger partial charge in [0, 0.05) is 12.1 Å². The first-order valence-corrected chi connectivity index (χ1v) is 5.94. The lowest BCUT2D eigenvalue weighted by atomic mass is 9.86. The molecule has 0 aliphatic rings. The van der Waals surface area contributed by atoms with Crippen molar-refractivity contribution < 1.29 is 14.2 Å². The van der Waals surface area contributed by atoms with Gasteiger partial charge < -0.3 is 15.6 Å². The normalized spacial score (nSPS) is 13.9. The molecule has 0 bridgehead atoms. The molecule has 0 aromatic heterocycles. The molecule has 100 valence electrons. The third-order valence-corrected chi connectivity index (χ3v) is 3.15. The molecule has 0 radical (unpaired) electrons. The third kappa shape index (κ3) is 2.45. The Balaban J connectivity index is 2.62. The molecule has 0 saturated carbocycles. The lowest BCUT2D eigenvalue weighted by molar-refractivity contribution is 0.0868. The monoisotopic (exact) mass is 261 g/mol. The summed E-state index contributed by atoms with van der Waals surface area (Å²) in [5.74, 6) is -0.0446. The highest BCUT2D eigenvalue weighted by Gasteiger charge is 2.33. The molecule has 0 fully saturated rings. The SMILES string of the molecule is COc1ccc(F)cc1C(O)(CN)c1ccccc1. The number of ether oxygens (including phenoxy) is 1. The molecule has 19 heavy (non-hydrogen) atoms. The summed E-state index contributed by atoms with van der Waals surface area (Å²) < 4.78 is 18.6. The summed E-state index contributed by atoms with van der Waals surface area (Å²) in [5, 5.41) is 10.8. The van der Waals surface area contributed by atoms with Crippen molar-refractivity contribution in [1.82, 2.24) is 0 Å². The van der Waals surface area contributed by atoms with Crippen molar-refractivity contribution in [2.24, 2.45) is 5.73 Å². The lowest BCUT2D eigenvalue weighted by Gasteiger charge is -2.29. The molecular weight excluding hydrogens is 245 g/mol. The van der Waals surface area contributed by atoms with Gasteiger partial charge in [-0.2, -0.15) is 0 Å². The zero-order chi connectivity index (χ0) is 13.9. The quantitative estimate of drug-likeness (QED) is 0.885. The summed E-state index contributed by atoms with van der Waals surface area (Å²) in [6.07, 6.45) is 0. The van der Waals surface area contributed by atoms with Crippen molar-refractivity contribution >= 4 is 0 Å². The molecule has 0 spiro atoms. The van der Waals surface area contributed by atoms with Gasteiger partial charge in [-0.3, -0.25) is 0 Å². The zero-order valence-electron chi connectivity index (χ0n) is 10.6. The van der Waals surface area contributed by atoms with E-state index in [2.05, 4.69) is 0 Å². The van der Waals surface area contributed by atoms with Crippen LogP contribution in [-0.4, -0.2) is 18.8 Å². The summed E-state index contributed by atoms with van der Waals surface area (Å²) in [7, 11) is 1.47. The van der Waals surface area contributed by atoms with E-state index in [1.54, 1.807) is 24.3 Å². The zero-order valence-corrected chi connectivity index (χ0v) is 10.6. The van der Waals surface area contributed by atoms with Gasteiger partial charge in [0.2, 0.25) is 0 Å². The maximum atomic E-state index is 13.5. The van der Waals surface area contributed by atoms with Crippen LogP contribution in [-0.2, 0) is 5.60 Å². The van der Waals surface area contributed by atoms with Gasteiger partial charge in [0.25, 0.3) is 0 Å². The molecule has 0 saturated heterocycles.